The normalized spacial score (nSPS) is 18.6. The maximum absolute atomic E-state index is 13.7. The van der Waals surface area contributed by atoms with Gasteiger partial charge in [0.2, 0.25) is 0 Å². The van der Waals surface area contributed by atoms with Gasteiger partial charge in [-0.1, -0.05) is 13.8 Å². The molecule has 76 valence electrons. The van der Waals surface area contributed by atoms with Crippen molar-refractivity contribution in [2.45, 2.75) is 39.0 Å². The molecule has 1 aromatic heterocycles. The first-order chi connectivity index (χ1) is 6.58. The number of hydrogen-bond donors (Lipinski definition) is 0. The van der Waals surface area contributed by atoms with Gasteiger partial charge in [0.15, 0.2) is 0 Å². The van der Waals surface area contributed by atoms with Crippen LogP contribution in [-0.2, 0) is 5.41 Å². The third-order valence-corrected chi connectivity index (χ3v) is 3.48. The second-order valence-corrected chi connectivity index (χ2v) is 4.62. The zero-order chi connectivity index (χ0) is 10.3. The number of hydrogen-bond acceptors (Lipinski definition) is 1. The Bertz CT molecular complexity index is 333. The van der Waals surface area contributed by atoms with Gasteiger partial charge >= 0.3 is 0 Å². The van der Waals surface area contributed by atoms with Crippen LogP contribution in [-0.4, -0.2) is 4.98 Å². The van der Waals surface area contributed by atoms with Gasteiger partial charge in [0, 0.05) is 17.2 Å². The molecule has 1 nitrogen and oxygen atoms in total. The largest absolute Gasteiger partial charge is 0.261 e. The van der Waals surface area contributed by atoms with Crippen molar-refractivity contribution in [1.29, 1.82) is 0 Å². The minimum Gasteiger partial charge on any atom is -0.261 e. The second-order valence-electron chi connectivity index (χ2n) is 4.62. The molecule has 0 unspecified atom stereocenters. The second kappa shape index (κ2) is 3.04. The van der Waals surface area contributed by atoms with Crippen LogP contribution in [0.15, 0.2) is 12.4 Å². The lowest BCUT2D eigenvalue weighted by Crippen LogP contribution is -2.18. The Labute approximate surface area is 84.4 Å². The molecule has 1 aromatic rings. The fraction of sp³-hybridized carbons (Fsp3) is 0.583. The highest BCUT2D eigenvalue weighted by atomic mass is 19.1. The highest BCUT2D eigenvalue weighted by Crippen LogP contribution is 2.55. The van der Waals surface area contributed by atoms with Crippen molar-refractivity contribution in [2.75, 3.05) is 0 Å². The molecule has 1 fully saturated rings. The van der Waals surface area contributed by atoms with Crippen LogP contribution in [0.1, 0.15) is 37.8 Å². The summed E-state index contributed by atoms with van der Waals surface area (Å²) in [6.45, 7) is 6.30. The smallest absolute Gasteiger partial charge is 0.145 e. The molecule has 0 N–H and O–H groups in total. The van der Waals surface area contributed by atoms with E-state index in [1.54, 1.807) is 6.20 Å². The first-order valence-corrected chi connectivity index (χ1v) is 5.18. The predicted octanol–water partition coefficient (Wildman–Crippen LogP) is 3.22. The third kappa shape index (κ3) is 1.24. The molecule has 1 heterocycles. The van der Waals surface area contributed by atoms with E-state index in [4.69, 9.17) is 0 Å². The van der Waals surface area contributed by atoms with E-state index >= 15 is 0 Å². The molecule has 0 atom stereocenters. The summed E-state index contributed by atoms with van der Waals surface area (Å²) in [6.07, 6.45) is 5.34. The van der Waals surface area contributed by atoms with Crippen LogP contribution in [0, 0.1) is 18.7 Å². The Morgan fingerprint density at radius 2 is 2.00 bits per heavy atom. The summed E-state index contributed by atoms with van der Waals surface area (Å²) in [5.74, 6) is 0.384. The van der Waals surface area contributed by atoms with Crippen molar-refractivity contribution < 1.29 is 4.39 Å². The average Bonchev–Trinajstić information content (AvgIpc) is 2.85. The van der Waals surface area contributed by atoms with Gasteiger partial charge in [-0.2, -0.15) is 0 Å². The van der Waals surface area contributed by atoms with Crippen LogP contribution in [0.4, 0.5) is 4.39 Å². The van der Waals surface area contributed by atoms with Crippen LogP contribution in [0.2, 0.25) is 0 Å². The van der Waals surface area contributed by atoms with E-state index in [9.17, 15) is 4.39 Å². The molecule has 2 heteroatoms. The lowest BCUT2D eigenvalue weighted by molar-refractivity contribution is 0.451. The zero-order valence-corrected chi connectivity index (χ0v) is 8.97. The summed E-state index contributed by atoms with van der Waals surface area (Å²) in [7, 11) is 0. The number of rotatable bonds is 2. The number of pyridine rings is 1. The molecular weight excluding hydrogens is 177 g/mol. The van der Waals surface area contributed by atoms with Crippen LogP contribution in [0.25, 0.3) is 0 Å². The summed E-state index contributed by atoms with van der Waals surface area (Å²) in [6, 6.07) is 0. The average molecular weight is 193 g/mol. The highest BCUT2D eigenvalue weighted by molar-refractivity contribution is 5.37. The van der Waals surface area contributed by atoms with E-state index in [-0.39, 0.29) is 11.2 Å². The third-order valence-electron chi connectivity index (χ3n) is 3.48. The lowest BCUT2D eigenvalue weighted by atomic mass is 9.83. The Kier molecular flexibility index (Phi) is 2.09. The van der Waals surface area contributed by atoms with Gasteiger partial charge < -0.3 is 0 Å². The van der Waals surface area contributed by atoms with Crippen molar-refractivity contribution in [3.63, 3.8) is 0 Å². The minimum atomic E-state index is -0.129. The molecule has 0 saturated heterocycles. The van der Waals surface area contributed by atoms with Gasteiger partial charge in [-0.25, -0.2) is 4.39 Å². The summed E-state index contributed by atoms with van der Waals surface area (Å²) < 4.78 is 13.7. The lowest BCUT2D eigenvalue weighted by Gasteiger charge is -2.22. The van der Waals surface area contributed by atoms with E-state index in [0.717, 1.165) is 24.0 Å². The van der Waals surface area contributed by atoms with Crippen molar-refractivity contribution in [3.8, 4) is 0 Å². The SMILES string of the molecule is Cc1cncc(F)c1C1(C(C)C)CC1. The van der Waals surface area contributed by atoms with E-state index in [1.807, 2.05) is 6.92 Å². The number of halogens is 1. The molecule has 0 aromatic carbocycles. The van der Waals surface area contributed by atoms with Crippen molar-refractivity contribution in [1.82, 2.24) is 4.98 Å². The molecule has 0 radical (unpaired) electrons. The van der Waals surface area contributed by atoms with Crippen LogP contribution in [0.5, 0.6) is 0 Å². The Hall–Kier alpha value is -0.920. The Morgan fingerprint density at radius 1 is 1.36 bits per heavy atom. The summed E-state index contributed by atoms with van der Waals surface area (Å²) >= 11 is 0. The fourth-order valence-electron chi connectivity index (χ4n) is 2.41. The van der Waals surface area contributed by atoms with Gasteiger partial charge in [0.25, 0.3) is 0 Å². The molecule has 0 amide bonds. The monoisotopic (exact) mass is 193 g/mol. The van der Waals surface area contributed by atoms with Crippen molar-refractivity contribution in [3.05, 3.63) is 29.3 Å². The van der Waals surface area contributed by atoms with Crippen LogP contribution < -0.4 is 0 Å². The number of aryl methyl sites for hydroxylation is 1. The van der Waals surface area contributed by atoms with Crippen LogP contribution in [0.3, 0.4) is 0 Å². The minimum absolute atomic E-state index is 0.108. The highest BCUT2D eigenvalue weighted by Gasteiger charge is 2.49. The molecular formula is C12H16FN. The van der Waals surface area contributed by atoms with Crippen molar-refractivity contribution in [2.24, 2.45) is 5.92 Å². The maximum Gasteiger partial charge on any atom is 0.145 e. The Balaban J connectivity index is 2.51. The van der Waals surface area contributed by atoms with Crippen LogP contribution >= 0.6 is 0 Å². The topological polar surface area (TPSA) is 12.9 Å². The molecule has 14 heavy (non-hydrogen) atoms. The van der Waals surface area contributed by atoms with Gasteiger partial charge in [-0.15, -0.1) is 0 Å². The van der Waals surface area contributed by atoms with Crippen molar-refractivity contribution >= 4 is 0 Å². The van der Waals surface area contributed by atoms with Gasteiger partial charge in [0.1, 0.15) is 5.82 Å². The first kappa shape index (κ1) is 9.63. The standard InChI is InChI=1S/C12H16FN/c1-8(2)12(4-5-12)11-9(3)6-14-7-10(11)13/h6-8H,4-5H2,1-3H3. The fourth-order valence-corrected chi connectivity index (χ4v) is 2.41. The maximum atomic E-state index is 13.7. The summed E-state index contributed by atoms with van der Waals surface area (Å²) in [5.41, 5.74) is 2.01. The Morgan fingerprint density at radius 3 is 2.43 bits per heavy atom. The molecule has 1 saturated carbocycles. The number of nitrogens with zero attached hydrogens (tertiary/aromatic N) is 1. The first-order valence-electron chi connectivity index (χ1n) is 5.18. The quantitative estimate of drug-likeness (QED) is 0.702. The van der Waals surface area contributed by atoms with Gasteiger partial charge in [-0.05, 0) is 31.2 Å². The summed E-state index contributed by atoms with van der Waals surface area (Å²) in [5, 5.41) is 0. The molecule has 1 aliphatic carbocycles. The molecule has 0 bridgehead atoms. The molecule has 0 aliphatic heterocycles. The summed E-state index contributed by atoms with van der Waals surface area (Å²) in [4.78, 5) is 3.87. The van der Waals surface area contributed by atoms with Gasteiger partial charge in [-0.3, -0.25) is 4.98 Å². The molecule has 2 rings (SSSR count). The van der Waals surface area contributed by atoms with E-state index in [1.165, 1.54) is 6.20 Å². The zero-order valence-electron chi connectivity index (χ0n) is 8.97. The predicted molar refractivity (Wildman–Crippen MR) is 54.7 cm³/mol. The molecule has 1 aliphatic rings. The number of aromatic nitrogens is 1. The van der Waals surface area contributed by atoms with E-state index < -0.39 is 0 Å². The van der Waals surface area contributed by atoms with Gasteiger partial charge in [0.05, 0.1) is 6.20 Å². The van der Waals surface area contributed by atoms with E-state index in [0.29, 0.717) is 5.92 Å². The van der Waals surface area contributed by atoms with E-state index in [2.05, 4.69) is 18.8 Å². The molecule has 0 spiro atoms.